The SMILES string of the molecule is O=C[C@H](O)[C@@H](O)[C@H](O)[C@H](O)C(O)[C@@H]1O[C@H](CO)[C@@H](O)[C@H](O)[C@H]1O. The molecule has 0 aliphatic carbocycles. The van der Waals surface area contributed by atoms with E-state index in [1.807, 2.05) is 0 Å². The number of aldehydes is 1. The van der Waals surface area contributed by atoms with Crippen molar-refractivity contribution < 1.29 is 55.5 Å². The molecule has 1 heterocycles. The minimum absolute atomic E-state index is 0.0964. The number of carbonyl (C=O) groups excluding carboxylic acids is 1. The molecule has 1 saturated heterocycles. The molecule has 0 spiro atoms. The van der Waals surface area contributed by atoms with Crippen LogP contribution in [0, 0.1) is 0 Å². The van der Waals surface area contributed by atoms with Gasteiger partial charge in [-0.1, -0.05) is 0 Å². The molecule has 0 aromatic rings. The van der Waals surface area contributed by atoms with Gasteiger partial charge in [0, 0.05) is 0 Å². The number of aliphatic hydroxyl groups is 9. The van der Waals surface area contributed by atoms with Crippen LogP contribution >= 0.6 is 0 Å². The van der Waals surface area contributed by atoms with Gasteiger partial charge in [-0.2, -0.15) is 0 Å². The van der Waals surface area contributed by atoms with Crippen molar-refractivity contribution in [2.45, 2.75) is 61.0 Å². The van der Waals surface area contributed by atoms with Crippen molar-refractivity contribution in [2.75, 3.05) is 6.61 Å². The van der Waals surface area contributed by atoms with Crippen LogP contribution in [0.5, 0.6) is 0 Å². The van der Waals surface area contributed by atoms with Crippen LogP contribution in [0.2, 0.25) is 0 Å². The van der Waals surface area contributed by atoms with E-state index in [0.29, 0.717) is 0 Å². The lowest BCUT2D eigenvalue weighted by atomic mass is 9.88. The smallest absolute Gasteiger partial charge is 0.151 e. The number of hydrogen-bond donors (Lipinski definition) is 9. The molecule has 0 bridgehead atoms. The topological polar surface area (TPSA) is 208 Å². The predicted octanol–water partition coefficient (Wildman–Crippen LogP) is -6.17. The average molecular weight is 342 g/mol. The van der Waals surface area contributed by atoms with Crippen LogP contribution in [0.4, 0.5) is 0 Å². The van der Waals surface area contributed by atoms with Crippen LogP contribution in [-0.2, 0) is 9.53 Å². The van der Waals surface area contributed by atoms with Gasteiger partial charge in [0.15, 0.2) is 6.29 Å². The third kappa shape index (κ3) is 4.22. The first-order chi connectivity index (χ1) is 10.7. The Morgan fingerprint density at radius 1 is 0.870 bits per heavy atom. The fourth-order valence-corrected chi connectivity index (χ4v) is 2.29. The van der Waals surface area contributed by atoms with Gasteiger partial charge in [-0.15, -0.1) is 0 Å². The molecule has 1 unspecified atom stereocenters. The average Bonchev–Trinajstić information content (AvgIpc) is 2.56. The third-order valence-corrected chi connectivity index (χ3v) is 3.80. The zero-order chi connectivity index (χ0) is 17.9. The van der Waals surface area contributed by atoms with Gasteiger partial charge < -0.3 is 55.5 Å². The summed E-state index contributed by atoms with van der Waals surface area (Å²) in [6.45, 7) is -0.765. The zero-order valence-corrected chi connectivity index (χ0v) is 11.9. The summed E-state index contributed by atoms with van der Waals surface area (Å²) in [7, 11) is 0. The largest absolute Gasteiger partial charge is 0.394 e. The third-order valence-electron chi connectivity index (χ3n) is 3.80. The minimum Gasteiger partial charge on any atom is -0.394 e. The van der Waals surface area contributed by atoms with Crippen molar-refractivity contribution >= 4 is 6.29 Å². The zero-order valence-electron chi connectivity index (χ0n) is 11.9. The van der Waals surface area contributed by atoms with Crippen molar-refractivity contribution in [3.63, 3.8) is 0 Å². The highest BCUT2D eigenvalue weighted by Gasteiger charge is 2.49. The second kappa shape index (κ2) is 8.39. The molecule has 1 aliphatic rings. The van der Waals surface area contributed by atoms with Gasteiger partial charge in [-0.05, 0) is 0 Å². The van der Waals surface area contributed by atoms with E-state index in [4.69, 9.17) is 14.9 Å². The quantitative estimate of drug-likeness (QED) is 0.199. The molecule has 0 radical (unpaired) electrons. The first-order valence-electron chi connectivity index (χ1n) is 6.83. The van der Waals surface area contributed by atoms with Crippen LogP contribution in [0.15, 0.2) is 0 Å². The molecule has 0 saturated carbocycles. The summed E-state index contributed by atoms with van der Waals surface area (Å²) < 4.78 is 4.99. The van der Waals surface area contributed by atoms with Crippen LogP contribution < -0.4 is 0 Å². The van der Waals surface area contributed by atoms with Crippen molar-refractivity contribution in [2.24, 2.45) is 0 Å². The highest BCUT2D eigenvalue weighted by Crippen LogP contribution is 2.25. The number of hydrogen-bond acceptors (Lipinski definition) is 11. The van der Waals surface area contributed by atoms with Gasteiger partial charge in [0.1, 0.15) is 61.0 Å². The Kier molecular flexibility index (Phi) is 7.41. The molecule has 136 valence electrons. The Bertz CT molecular complexity index is 378. The predicted molar refractivity (Wildman–Crippen MR) is 69.9 cm³/mol. The Labute approximate surface area is 130 Å². The summed E-state index contributed by atoms with van der Waals surface area (Å²) in [5.41, 5.74) is 0. The van der Waals surface area contributed by atoms with E-state index >= 15 is 0 Å². The molecule has 23 heavy (non-hydrogen) atoms. The maximum atomic E-state index is 10.3. The standard InChI is InChI=1S/C12H22O11/c13-1-3(15)5(16)7(18)9(20)11(22)12-10(21)8(19)6(17)4(2-14)23-12/h1,3-12,14-22H,2H2/t3-,4+,5+,6+,7-,8-,9-,10+,11?,12+/m0/s1. The molecule has 11 heteroatoms. The molecular formula is C12H22O11. The Morgan fingerprint density at radius 2 is 1.43 bits per heavy atom. The summed E-state index contributed by atoms with van der Waals surface area (Å²) in [6.07, 6.45) is -19.1. The first kappa shape index (κ1) is 20.3. The Hall–Kier alpha value is -0.730. The van der Waals surface area contributed by atoms with Crippen LogP contribution in [-0.4, -0.2) is 120 Å². The van der Waals surface area contributed by atoms with E-state index < -0.39 is 67.6 Å². The van der Waals surface area contributed by atoms with Crippen LogP contribution in [0.1, 0.15) is 0 Å². The van der Waals surface area contributed by atoms with E-state index in [-0.39, 0.29) is 6.29 Å². The summed E-state index contributed by atoms with van der Waals surface area (Å²) >= 11 is 0. The lowest BCUT2D eigenvalue weighted by Gasteiger charge is -2.43. The molecular weight excluding hydrogens is 320 g/mol. The highest BCUT2D eigenvalue weighted by atomic mass is 16.6. The second-order valence-electron chi connectivity index (χ2n) is 5.38. The minimum atomic E-state index is -2.18. The van der Waals surface area contributed by atoms with E-state index in [9.17, 15) is 40.5 Å². The van der Waals surface area contributed by atoms with E-state index in [0.717, 1.165) is 0 Å². The fourth-order valence-electron chi connectivity index (χ4n) is 2.29. The highest BCUT2D eigenvalue weighted by molar-refractivity contribution is 5.56. The van der Waals surface area contributed by atoms with Gasteiger partial charge >= 0.3 is 0 Å². The lowest BCUT2D eigenvalue weighted by molar-refractivity contribution is -0.264. The van der Waals surface area contributed by atoms with E-state index in [1.54, 1.807) is 0 Å². The molecule has 0 amide bonds. The number of ether oxygens (including phenoxy) is 1. The summed E-state index contributed by atoms with van der Waals surface area (Å²) in [5.74, 6) is 0. The molecule has 1 aliphatic heterocycles. The summed E-state index contributed by atoms with van der Waals surface area (Å²) in [4.78, 5) is 10.3. The van der Waals surface area contributed by atoms with Crippen molar-refractivity contribution in [1.82, 2.24) is 0 Å². The number of aliphatic hydroxyl groups excluding tert-OH is 9. The molecule has 10 atom stereocenters. The van der Waals surface area contributed by atoms with Gasteiger partial charge in [-0.3, -0.25) is 0 Å². The maximum Gasteiger partial charge on any atom is 0.151 e. The van der Waals surface area contributed by atoms with Crippen molar-refractivity contribution in [3.8, 4) is 0 Å². The molecule has 9 N–H and O–H groups in total. The fraction of sp³-hybridized carbons (Fsp3) is 0.917. The van der Waals surface area contributed by atoms with Gasteiger partial charge in [0.2, 0.25) is 0 Å². The van der Waals surface area contributed by atoms with E-state index in [2.05, 4.69) is 0 Å². The molecule has 11 nitrogen and oxygen atoms in total. The molecule has 0 aromatic carbocycles. The summed E-state index contributed by atoms with van der Waals surface area (Å²) in [5, 5.41) is 85.9. The van der Waals surface area contributed by atoms with Crippen molar-refractivity contribution in [3.05, 3.63) is 0 Å². The second-order valence-corrected chi connectivity index (χ2v) is 5.38. The molecule has 1 fully saturated rings. The van der Waals surface area contributed by atoms with E-state index in [1.165, 1.54) is 0 Å². The number of rotatable bonds is 7. The number of carbonyl (C=O) groups is 1. The molecule has 1 rings (SSSR count). The first-order valence-corrected chi connectivity index (χ1v) is 6.83. The van der Waals surface area contributed by atoms with Gasteiger partial charge in [-0.25, -0.2) is 0 Å². The Morgan fingerprint density at radius 3 is 1.91 bits per heavy atom. The lowest BCUT2D eigenvalue weighted by Crippen LogP contribution is -2.64. The summed E-state index contributed by atoms with van der Waals surface area (Å²) in [6, 6.07) is 0. The maximum absolute atomic E-state index is 10.3. The normalized spacial score (nSPS) is 38.4. The van der Waals surface area contributed by atoms with Gasteiger partial charge in [0.05, 0.1) is 6.61 Å². The molecule has 0 aromatic heterocycles. The van der Waals surface area contributed by atoms with Gasteiger partial charge in [0.25, 0.3) is 0 Å². The van der Waals surface area contributed by atoms with Crippen LogP contribution in [0.3, 0.4) is 0 Å². The van der Waals surface area contributed by atoms with Crippen molar-refractivity contribution in [1.29, 1.82) is 0 Å². The Balaban J connectivity index is 2.85. The monoisotopic (exact) mass is 342 g/mol. The van der Waals surface area contributed by atoms with Crippen LogP contribution in [0.25, 0.3) is 0 Å².